The molecule has 0 aliphatic rings. The fraction of sp³-hybridized carbons (Fsp3) is 0.556. The quantitative estimate of drug-likeness (QED) is 0.865. The first-order chi connectivity index (χ1) is 7.80. The van der Waals surface area contributed by atoms with E-state index in [4.69, 9.17) is 0 Å². The lowest BCUT2D eigenvalue weighted by Crippen LogP contribution is -2.37. The van der Waals surface area contributed by atoms with Crippen LogP contribution in [-0.2, 0) is 11.3 Å². The largest absolute Gasteiger partial charge is 0.471 e. The van der Waals surface area contributed by atoms with Gasteiger partial charge in [-0.1, -0.05) is 0 Å². The first-order valence-corrected chi connectivity index (χ1v) is 5.64. The van der Waals surface area contributed by atoms with Crippen molar-refractivity contribution in [3.05, 3.63) is 16.4 Å². The lowest BCUT2D eigenvalue weighted by molar-refractivity contribution is -0.173. The predicted molar refractivity (Wildman–Crippen MR) is 58.3 cm³/mol. The SMILES string of the molecule is Cc1nn(CCCNC(=O)C(F)(F)F)cc1Br. The Kier molecular flexibility index (Phi) is 4.55. The van der Waals surface area contributed by atoms with Crippen molar-refractivity contribution in [2.24, 2.45) is 0 Å². The van der Waals surface area contributed by atoms with Crippen LogP contribution in [0.25, 0.3) is 0 Å². The first kappa shape index (κ1) is 14.0. The molecule has 0 unspecified atom stereocenters. The number of nitrogens with one attached hydrogen (secondary N) is 1. The van der Waals surface area contributed by atoms with E-state index in [1.165, 1.54) is 0 Å². The van der Waals surface area contributed by atoms with Crippen molar-refractivity contribution in [1.29, 1.82) is 0 Å². The topological polar surface area (TPSA) is 46.9 Å². The van der Waals surface area contributed by atoms with Crippen molar-refractivity contribution < 1.29 is 18.0 Å². The summed E-state index contributed by atoms with van der Waals surface area (Å²) >= 11 is 3.27. The molecule has 0 radical (unpaired) electrons. The molecular weight excluding hydrogens is 303 g/mol. The van der Waals surface area contributed by atoms with E-state index in [0.717, 1.165) is 10.2 Å². The molecule has 1 aromatic heterocycles. The molecule has 0 aliphatic heterocycles. The number of aromatic nitrogens is 2. The molecule has 0 spiro atoms. The lowest BCUT2D eigenvalue weighted by Gasteiger charge is -2.07. The van der Waals surface area contributed by atoms with Gasteiger partial charge in [-0.15, -0.1) is 0 Å². The van der Waals surface area contributed by atoms with Crippen molar-refractivity contribution in [3.63, 3.8) is 0 Å². The number of carbonyl (C=O) groups excluding carboxylic acids is 1. The van der Waals surface area contributed by atoms with Gasteiger partial charge in [0.15, 0.2) is 0 Å². The van der Waals surface area contributed by atoms with Crippen LogP contribution in [0.4, 0.5) is 13.2 Å². The molecule has 0 bridgehead atoms. The van der Waals surface area contributed by atoms with Crippen LogP contribution in [0.5, 0.6) is 0 Å². The number of halogens is 4. The number of nitrogens with zero attached hydrogens (tertiary/aromatic N) is 2. The number of alkyl halides is 3. The highest BCUT2D eigenvalue weighted by atomic mass is 79.9. The summed E-state index contributed by atoms with van der Waals surface area (Å²) in [5.41, 5.74) is 0.810. The second kappa shape index (κ2) is 5.52. The van der Waals surface area contributed by atoms with Crippen molar-refractivity contribution in [3.8, 4) is 0 Å². The third kappa shape index (κ3) is 4.37. The molecule has 1 amide bonds. The Hall–Kier alpha value is -1.05. The van der Waals surface area contributed by atoms with Crippen molar-refractivity contribution in [1.82, 2.24) is 15.1 Å². The fourth-order valence-electron chi connectivity index (χ4n) is 1.15. The van der Waals surface area contributed by atoms with E-state index >= 15 is 0 Å². The van der Waals surface area contributed by atoms with E-state index in [1.807, 2.05) is 6.92 Å². The summed E-state index contributed by atoms with van der Waals surface area (Å²) in [6, 6.07) is 0. The molecule has 8 heteroatoms. The van der Waals surface area contributed by atoms with Crippen LogP contribution >= 0.6 is 15.9 Å². The van der Waals surface area contributed by atoms with Crippen molar-refractivity contribution in [2.75, 3.05) is 6.54 Å². The summed E-state index contributed by atoms with van der Waals surface area (Å²) in [5, 5.41) is 5.91. The Balaban J connectivity index is 2.27. The molecule has 4 nitrogen and oxygen atoms in total. The summed E-state index contributed by atoms with van der Waals surface area (Å²) in [4.78, 5) is 10.5. The smallest absolute Gasteiger partial charge is 0.348 e. The Morgan fingerprint density at radius 3 is 2.71 bits per heavy atom. The highest BCUT2D eigenvalue weighted by Crippen LogP contribution is 2.14. The molecule has 0 fully saturated rings. The molecule has 0 saturated heterocycles. The minimum atomic E-state index is -4.81. The predicted octanol–water partition coefficient (Wildman–Crippen LogP) is 2.02. The third-order valence-corrected chi connectivity index (χ3v) is 2.77. The highest BCUT2D eigenvalue weighted by molar-refractivity contribution is 9.10. The van der Waals surface area contributed by atoms with Gasteiger partial charge in [-0.2, -0.15) is 18.3 Å². The van der Waals surface area contributed by atoms with E-state index in [-0.39, 0.29) is 6.54 Å². The van der Waals surface area contributed by atoms with Gasteiger partial charge in [0.05, 0.1) is 10.2 Å². The van der Waals surface area contributed by atoms with Gasteiger partial charge >= 0.3 is 12.1 Å². The summed E-state index contributed by atoms with van der Waals surface area (Å²) in [6.45, 7) is 2.23. The summed E-state index contributed by atoms with van der Waals surface area (Å²) < 4.78 is 37.9. The molecule has 0 atom stereocenters. The zero-order valence-corrected chi connectivity index (χ0v) is 10.6. The number of hydrogen-bond donors (Lipinski definition) is 1. The van der Waals surface area contributed by atoms with Crippen LogP contribution in [0.3, 0.4) is 0 Å². The molecule has 0 aliphatic carbocycles. The maximum atomic E-state index is 11.8. The number of rotatable bonds is 4. The number of carbonyl (C=O) groups is 1. The Morgan fingerprint density at radius 1 is 1.59 bits per heavy atom. The first-order valence-electron chi connectivity index (χ1n) is 4.85. The van der Waals surface area contributed by atoms with E-state index < -0.39 is 12.1 Å². The van der Waals surface area contributed by atoms with Crippen LogP contribution in [-0.4, -0.2) is 28.4 Å². The standard InChI is InChI=1S/C9H11BrF3N3O/c1-6-7(10)5-16(15-6)4-2-3-14-8(17)9(11,12)13/h5H,2-4H2,1H3,(H,14,17). The van der Waals surface area contributed by atoms with Gasteiger partial charge in [-0.05, 0) is 29.3 Å². The molecule has 96 valence electrons. The van der Waals surface area contributed by atoms with Crippen LogP contribution in [0.2, 0.25) is 0 Å². The van der Waals surface area contributed by atoms with Gasteiger partial charge in [0.2, 0.25) is 0 Å². The van der Waals surface area contributed by atoms with E-state index in [1.54, 1.807) is 16.2 Å². The van der Waals surface area contributed by atoms with Gasteiger partial charge in [-0.25, -0.2) is 0 Å². The molecule has 17 heavy (non-hydrogen) atoms. The molecule has 1 N–H and O–H groups in total. The summed E-state index contributed by atoms with van der Waals surface area (Å²) in [7, 11) is 0. The Bertz CT molecular complexity index is 383. The van der Waals surface area contributed by atoms with Gasteiger partial charge in [-0.3, -0.25) is 9.48 Å². The van der Waals surface area contributed by atoms with E-state index in [0.29, 0.717) is 13.0 Å². The lowest BCUT2D eigenvalue weighted by atomic mass is 10.4. The summed E-state index contributed by atoms with van der Waals surface area (Å²) in [5.74, 6) is -1.91. The second-order valence-corrected chi connectivity index (χ2v) is 4.29. The summed E-state index contributed by atoms with van der Waals surface area (Å²) in [6.07, 6.45) is -2.69. The van der Waals surface area contributed by atoms with Gasteiger partial charge in [0, 0.05) is 19.3 Å². The minimum Gasteiger partial charge on any atom is -0.348 e. The average Bonchev–Trinajstić information content (AvgIpc) is 2.51. The normalized spacial score (nSPS) is 11.6. The molecule has 1 aromatic rings. The highest BCUT2D eigenvalue weighted by Gasteiger charge is 2.38. The van der Waals surface area contributed by atoms with E-state index in [9.17, 15) is 18.0 Å². The second-order valence-electron chi connectivity index (χ2n) is 3.43. The maximum absolute atomic E-state index is 11.8. The molecule has 1 heterocycles. The number of aryl methyl sites for hydroxylation is 2. The molecular formula is C9H11BrF3N3O. The molecule has 0 saturated carbocycles. The average molecular weight is 314 g/mol. The Morgan fingerprint density at radius 2 is 2.24 bits per heavy atom. The maximum Gasteiger partial charge on any atom is 0.471 e. The van der Waals surface area contributed by atoms with Gasteiger partial charge < -0.3 is 5.32 Å². The van der Waals surface area contributed by atoms with Gasteiger partial charge in [0.25, 0.3) is 0 Å². The molecule has 0 aromatic carbocycles. The molecule has 1 rings (SSSR count). The van der Waals surface area contributed by atoms with Crippen molar-refractivity contribution in [2.45, 2.75) is 26.1 Å². The minimum absolute atomic E-state index is 0.0329. The zero-order valence-electron chi connectivity index (χ0n) is 9.01. The van der Waals surface area contributed by atoms with Crippen LogP contribution in [0.1, 0.15) is 12.1 Å². The number of hydrogen-bond acceptors (Lipinski definition) is 2. The zero-order chi connectivity index (χ0) is 13.1. The van der Waals surface area contributed by atoms with Crippen molar-refractivity contribution >= 4 is 21.8 Å². The van der Waals surface area contributed by atoms with Crippen LogP contribution < -0.4 is 5.32 Å². The van der Waals surface area contributed by atoms with Gasteiger partial charge in [0.1, 0.15) is 0 Å². The van der Waals surface area contributed by atoms with Crippen LogP contribution in [0.15, 0.2) is 10.7 Å². The van der Waals surface area contributed by atoms with Crippen LogP contribution in [0, 0.1) is 6.92 Å². The Labute approximate surface area is 104 Å². The third-order valence-electron chi connectivity index (χ3n) is 1.99. The monoisotopic (exact) mass is 313 g/mol. The number of amides is 1. The van der Waals surface area contributed by atoms with E-state index in [2.05, 4.69) is 21.0 Å². The fourth-order valence-corrected chi connectivity index (χ4v) is 1.47.